The monoisotopic (exact) mass is 572 g/mol. The third kappa shape index (κ3) is 6.21. The van der Waals surface area contributed by atoms with E-state index in [2.05, 4.69) is 0 Å². The zero-order valence-corrected chi connectivity index (χ0v) is 24.2. The number of carbonyl (C=O) groups excluding carboxylic acids is 2. The second-order valence-corrected chi connectivity index (χ2v) is 10.6. The molecule has 2 aliphatic heterocycles. The van der Waals surface area contributed by atoms with Gasteiger partial charge in [0, 0.05) is 18.5 Å². The molecule has 2 heterocycles. The smallest absolute Gasteiger partial charge is 0.295 e. The van der Waals surface area contributed by atoms with Crippen molar-refractivity contribution in [3.8, 4) is 23.0 Å². The predicted octanol–water partition coefficient (Wildman–Crippen LogP) is 2.19. The molecule has 1 N–H and O–H groups in total. The molecule has 1 atom stereocenters. The van der Waals surface area contributed by atoms with E-state index in [4.69, 9.17) is 18.9 Å². The lowest BCUT2D eigenvalue weighted by molar-refractivity contribution is -0.858. The van der Waals surface area contributed by atoms with Crippen LogP contribution in [0, 0.1) is 0 Å². The number of benzene rings is 3. The van der Waals surface area contributed by atoms with Crippen molar-refractivity contribution >= 4 is 17.4 Å². The molecule has 0 radical (unpaired) electrons. The molecular weight excluding hydrogens is 536 g/mol. The van der Waals surface area contributed by atoms with Gasteiger partial charge >= 0.3 is 0 Å². The number of fused-ring (bicyclic) bond motifs is 1. The van der Waals surface area contributed by atoms with Crippen LogP contribution in [0.15, 0.2) is 72.3 Å². The van der Waals surface area contributed by atoms with Crippen LogP contribution in [-0.4, -0.2) is 63.6 Å². The molecule has 220 valence electrons. The van der Waals surface area contributed by atoms with Crippen molar-refractivity contribution in [2.45, 2.75) is 26.0 Å². The fourth-order valence-corrected chi connectivity index (χ4v) is 5.21. The Bertz CT molecular complexity index is 1470. The third-order valence-corrected chi connectivity index (χ3v) is 7.23. The van der Waals surface area contributed by atoms with E-state index in [1.165, 1.54) is 9.80 Å². The minimum Gasteiger partial charge on any atom is -0.872 e. The lowest BCUT2D eigenvalue weighted by Crippen LogP contribution is -3.05. The summed E-state index contributed by atoms with van der Waals surface area (Å²) in [6, 6.07) is 19.1. The molecule has 3 aromatic rings. The van der Waals surface area contributed by atoms with Crippen molar-refractivity contribution in [3.63, 3.8) is 0 Å². The number of Topliss-reactive ketones (excluding diaryl/α,β-unsaturated/α-hetero) is 1. The molecule has 0 aliphatic carbocycles. The number of amides is 1. The lowest BCUT2D eigenvalue weighted by Gasteiger charge is -2.28. The van der Waals surface area contributed by atoms with E-state index in [0.29, 0.717) is 68.0 Å². The number of ketones is 1. The first kappa shape index (κ1) is 29.0. The van der Waals surface area contributed by atoms with E-state index in [1.54, 1.807) is 36.4 Å². The number of ether oxygens (including phenoxy) is 4. The van der Waals surface area contributed by atoms with Crippen LogP contribution in [0.25, 0.3) is 5.76 Å². The van der Waals surface area contributed by atoms with Gasteiger partial charge in [0.05, 0.1) is 33.3 Å². The maximum absolute atomic E-state index is 13.9. The standard InChI is InChI=1S/C33H36N2O7/c1-4-39-27-19-23(11-13-26(27)42-21-22-9-6-5-7-10-22)30-29(32(37)33(38)35(30)16-8-15-34(2)3)31(36)24-12-14-25-28(20-24)41-18-17-40-25/h5-7,9-14,19-20,30,36H,4,8,15-18,21H2,1-3H3. The Morgan fingerprint density at radius 1 is 0.952 bits per heavy atom. The highest BCUT2D eigenvalue weighted by Crippen LogP contribution is 2.42. The molecule has 1 unspecified atom stereocenters. The van der Waals surface area contributed by atoms with Crippen LogP contribution in [0.5, 0.6) is 23.0 Å². The fourth-order valence-electron chi connectivity index (χ4n) is 5.21. The van der Waals surface area contributed by atoms with Crippen LogP contribution >= 0.6 is 0 Å². The highest BCUT2D eigenvalue weighted by atomic mass is 16.6. The highest BCUT2D eigenvalue weighted by molar-refractivity contribution is 6.46. The van der Waals surface area contributed by atoms with E-state index < -0.39 is 23.5 Å². The Morgan fingerprint density at radius 2 is 1.71 bits per heavy atom. The maximum Gasteiger partial charge on any atom is 0.295 e. The normalized spacial score (nSPS) is 17.5. The van der Waals surface area contributed by atoms with Crippen LogP contribution in [0.3, 0.4) is 0 Å². The summed E-state index contributed by atoms with van der Waals surface area (Å²) in [6.45, 7) is 4.51. The van der Waals surface area contributed by atoms with Gasteiger partial charge in [-0.25, -0.2) is 0 Å². The van der Waals surface area contributed by atoms with Crippen molar-refractivity contribution in [1.29, 1.82) is 0 Å². The summed E-state index contributed by atoms with van der Waals surface area (Å²) in [6.07, 6.45) is 0.667. The van der Waals surface area contributed by atoms with E-state index in [0.717, 1.165) is 12.1 Å². The molecule has 0 spiro atoms. The maximum atomic E-state index is 13.9. The van der Waals surface area contributed by atoms with E-state index in [1.807, 2.05) is 51.4 Å². The summed E-state index contributed by atoms with van der Waals surface area (Å²) < 4.78 is 23.3. The highest BCUT2D eigenvalue weighted by Gasteiger charge is 2.44. The minimum absolute atomic E-state index is 0.0886. The van der Waals surface area contributed by atoms with Gasteiger partial charge in [0.1, 0.15) is 19.8 Å². The van der Waals surface area contributed by atoms with Crippen molar-refractivity contribution in [3.05, 3.63) is 89.0 Å². The first-order chi connectivity index (χ1) is 20.4. The average Bonchev–Trinajstić information content (AvgIpc) is 3.25. The van der Waals surface area contributed by atoms with E-state index in [9.17, 15) is 14.7 Å². The van der Waals surface area contributed by atoms with Crippen LogP contribution in [-0.2, 0) is 16.2 Å². The third-order valence-electron chi connectivity index (χ3n) is 7.23. The van der Waals surface area contributed by atoms with Gasteiger partial charge in [-0.2, -0.15) is 0 Å². The molecule has 0 bridgehead atoms. The fraction of sp³-hybridized carbons (Fsp3) is 0.333. The number of likely N-dealkylation sites (tertiary alicyclic amines) is 1. The zero-order chi connectivity index (χ0) is 29.6. The summed E-state index contributed by atoms with van der Waals surface area (Å²) in [5.74, 6) is -0.0159. The van der Waals surface area contributed by atoms with Gasteiger partial charge in [0.15, 0.2) is 23.0 Å². The van der Waals surface area contributed by atoms with Gasteiger partial charge in [-0.1, -0.05) is 48.2 Å². The molecule has 9 heteroatoms. The Morgan fingerprint density at radius 3 is 2.45 bits per heavy atom. The predicted molar refractivity (Wildman–Crippen MR) is 154 cm³/mol. The first-order valence-corrected chi connectivity index (χ1v) is 14.3. The van der Waals surface area contributed by atoms with Crippen molar-refractivity contribution in [2.24, 2.45) is 0 Å². The summed E-state index contributed by atoms with van der Waals surface area (Å²) in [7, 11) is 4.06. The van der Waals surface area contributed by atoms with Gasteiger partial charge in [-0.05, 0) is 47.9 Å². The minimum atomic E-state index is -0.870. The molecule has 1 amide bonds. The number of nitrogens with one attached hydrogen (secondary N) is 1. The molecule has 0 saturated carbocycles. The Balaban J connectivity index is 1.55. The Hall–Kier alpha value is -4.50. The topological polar surface area (TPSA) is 102 Å². The number of hydrogen-bond donors (Lipinski definition) is 1. The lowest BCUT2D eigenvalue weighted by atomic mass is 9.94. The Kier molecular flexibility index (Phi) is 8.97. The quantitative estimate of drug-likeness (QED) is 0.214. The van der Waals surface area contributed by atoms with Gasteiger partial charge in [-0.3, -0.25) is 9.59 Å². The van der Waals surface area contributed by atoms with Crippen molar-refractivity contribution < 1.29 is 38.5 Å². The number of carbonyl (C=O) groups is 2. The van der Waals surface area contributed by atoms with Crippen LogP contribution in [0.2, 0.25) is 0 Å². The SMILES string of the molecule is CCOc1cc(C2C(=C([O-])c3ccc4c(c3)OCCO4)C(=O)C(=O)N2CCC[NH+](C)C)ccc1OCc1ccccc1. The zero-order valence-electron chi connectivity index (χ0n) is 24.2. The summed E-state index contributed by atoms with van der Waals surface area (Å²) in [5.41, 5.74) is 1.77. The van der Waals surface area contributed by atoms with E-state index in [-0.39, 0.29) is 11.1 Å². The van der Waals surface area contributed by atoms with Gasteiger partial charge in [0.25, 0.3) is 5.91 Å². The molecule has 42 heavy (non-hydrogen) atoms. The van der Waals surface area contributed by atoms with Crippen molar-refractivity contribution in [2.75, 3.05) is 47.0 Å². The van der Waals surface area contributed by atoms with Crippen LogP contribution in [0.4, 0.5) is 0 Å². The first-order valence-electron chi connectivity index (χ1n) is 14.3. The summed E-state index contributed by atoms with van der Waals surface area (Å²) in [4.78, 5) is 29.6. The number of quaternary nitrogens is 1. The van der Waals surface area contributed by atoms with Gasteiger partial charge < -0.3 is 33.9 Å². The molecule has 2 aliphatic rings. The molecule has 0 aromatic heterocycles. The summed E-state index contributed by atoms with van der Waals surface area (Å²) in [5, 5.41) is 13.9. The molecule has 5 rings (SSSR count). The molecular formula is C33H36N2O7. The van der Waals surface area contributed by atoms with Crippen LogP contribution < -0.4 is 29.0 Å². The van der Waals surface area contributed by atoms with Gasteiger partial charge in [-0.15, -0.1) is 0 Å². The number of hydrogen-bond acceptors (Lipinski definition) is 7. The molecule has 1 fully saturated rings. The summed E-state index contributed by atoms with van der Waals surface area (Å²) >= 11 is 0. The van der Waals surface area contributed by atoms with E-state index >= 15 is 0 Å². The second kappa shape index (κ2) is 13.0. The molecule has 1 saturated heterocycles. The van der Waals surface area contributed by atoms with Crippen molar-refractivity contribution in [1.82, 2.24) is 4.90 Å². The second-order valence-electron chi connectivity index (χ2n) is 10.6. The Labute approximate surface area is 245 Å². The molecule has 9 nitrogen and oxygen atoms in total. The molecule has 3 aromatic carbocycles. The van der Waals surface area contributed by atoms with Crippen LogP contribution in [0.1, 0.15) is 36.1 Å². The largest absolute Gasteiger partial charge is 0.872 e. The number of rotatable bonds is 11. The number of nitrogens with zero attached hydrogens (tertiary/aromatic N) is 1. The van der Waals surface area contributed by atoms with Gasteiger partial charge in [0.2, 0.25) is 5.78 Å². The average molecular weight is 573 g/mol.